The summed E-state index contributed by atoms with van der Waals surface area (Å²) in [6, 6.07) is -0.0911. The molecule has 0 fully saturated rings. The van der Waals surface area contributed by atoms with E-state index in [-0.39, 0.29) is 11.9 Å². The topological polar surface area (TPSA) is 68.0 Å². The summed E-state index contributed by atoms with van der Waals surface area (Å²) in [4.78, 5) is 15.6. The van der Waals surface area contributed by atoms with Crippen molar-refractivity contribution in [1.29, 1.82) is 0 Å². The molecule has 4 nitrogen and oxygen atoms in total. The standard InChI is InChI=1S/C10H17N3OS/c1-3-10-13-8(6-15-10)5-12-9(14)4-7(2)11/h6-7H,3-5,11H2,1-2H3,(H,12,14). The van der Waals surface area contributed by atoms with Crippen LogP contribution >= 0.6 is 11.3 Å². The molecule has 1 amide bonds. The summed E-state index contributed by atoms with van der Waals surface area (Å²) in [6.45, 7) is 4.39. The van der Waals surface area contributed by atoms with Crippen LogP contribution in [0.1, 0.15) is 31.0 Å². The number of nitrogens with zero attached hydrogens (tertiary/aromatic N) is 1. The molecule has 0 radical (unpaired) electrons. The number of hydrogen-bond donors (Lipinski definition) is 2. The van der Waals surface area contributed by atoms with E-state index in [0.29, 0.717) is 13.0 Å². The molecule has 0 aliphatic rings. The first-order valence-electron chi connectivity index (χ1n) is 5.07. The number of rotatable bonds is 5. The van der Waals surface area contributed by atoms with Crippen LogP contribution in [0.15, 0.2) is 5.38 Å². The highest BCUT2D eigenvalue weighted by atomic mass is 32.1. The second kappa shape index (κ2) is 5.82. The number of carbonyl (C=O) groups is 1. The van der Waals surface area contributed by atoms with Gasteiger partial charge in [-0.05, 0) is 13.3 Å². The Morgan fingerprint density at radius 3 is 3.00 bits per heavy atom. The Morgan fingerprint density at radius 1 is 1.73 bits per heavy atom. The minimum atomic E-state index is -0.0911. The van der Waals surface area contributed by atoms with Crippen molar-refractivity contribution in [2.45, 2.75) is 39.3 Å². The van der Waals surface area contributed by atoms with Gasteiger partial charge in [0.1, 0.15) is 0 Å². The number of aromatic nitrogens is 1. The summed E-state index contributed by atoms with van der Waals surface area (Å²) < 4.78 is 0. The van der Waals surface area contributed by atoms with Crippen LogP contribution in [0.4, 0.5) is 0 Å². The molecule has 0 saturated carbocycles. The predicted octanol–water partition coefficient (Wildman–Crippen LogP) is 1.06. The third kappa shape index (κ3) is 4.40. The Hall–Kier alpha value is -0.940. The van der Waals surface area contributed by atoms with Gasteiger partial charge in [0.25, 0.3) is 0 Å². The molecule has 0 aliphatic carbocycles. The van der Waals surface area contributed by atoms with Crippen molar-refractivity contribution in [2.24, 2.45) is 5.73 Å². The minimum Gasteiger partial charge on any atom is -0.350 e. The lowest BCUT2D eigenvalue weighted by Gasteiger charge is -2.05. The lowest BCUT2D eigenvalue weighted by molar-refractivity contribution is -0.121. The first-order chi connectivity index (χ1) is 7.11. The number of hydrogen-bond acceptors (Lipinski definition) is 4. The van der Waals surface area contributed by atoms with Gasteiger partial charge in [-0.3, -0.25) is 4.79 Å². The van der Waals surface area contributed by atoms with Gasteiger partial charge in [0.15, 0.2) is 0 Å². The molecule has 1 heterocycles. The van der Waals surface area contributed by atoms with Crippen molar-refractivity contribution < 1.29 is 4.79 Å². The van der Waals surface area contributed by atoms with E-state index in [1.54, 1.807) is 11.3 Å². The Labute approximate surface area is 93.9 Å². The molecule has 0 spiro atoms. The molecular formula is C10H17N3OS. The zero-order valence-corrected chi connectivity index (χ0v) is 9.93. The van der Waals surface area contributed by atoms with Gasteiger partial charge in [0.05, 0.1) is 17.2 Å². The molecule has 15 heavy (non-hydrogen) atoms. The van der Waals surface area contributed by atoms with Crippen LogP contribution in [0.2, 0.25) is 0 Å². The summed E-state index contributed by atoms with van der Waals surface area (Å²) in [5.74, 6) is -0.0175. The lowest BCUT2D eigenvalue weighted by atomic mass is 10.2. The minimum absolute atomic E-state index is 0.0175. The van der Waals surface area contributed by atoms with Gasteiger partial charge in [-0.2, -0.15) is 0 Å². The molecule has 1 unspecified atom stereocenters. The SMILES string of the molecule is CCc1nc(CNC(=O)CC(C)N)cs1. The zero-order valence-electron chi connectivity index (χ0n) is 9.12. The van der Waals surface area contributed by atoms with Gasteiger partial charge in [0.2, 0.25) is 5.91 Å². The van der Waals surface area contributed by atoms with Crippen molar-refractivity contribution in [3.8, 4) is 0 Å². The Balaban J connectivity index is 2.33. The fourth-order valence-electron chi connectivity index (χ4n) is 1.15. The van der Waals surface area contributed by atoms with Crippen LogP contribution in [0.5, 0.6) is 0 Å². The highest BCUT2D eigenvalue weighted by Gasteiger charge is 2.05. The van der Waals surface area contributed by atoms with Crippen LogP contribution in [0, 0.1) is 0 Å². The van der Waals surface area contributed by atoms with Gasteiger partial charge in [0, 0.05) is 17.8 Å². The van der Waals surface area contributed by atoms with Gasteiger partial charge < -0.3 is 11.1 Å². The van der Waals surface area contributed by atoms with Crippen LogP contribution < -0.4 is 11.1 Å². The van der Waals surface area contributed by atoms with Crippen molar-refractivity contribution in [3.63, 3.8) is 0 Å². The van der Waals surface area contributed by atoms with E-state index in [4.69, 9.17) is 5.73 Å². The first kappa shape index (κ1) is 12.1. The molecular weight excluding hydrogens is 210 g/mol. The van der Waals surface area contributed by atoms with E-state index in [0.717, 1.165) is 17.1 Å². The summed E-state index contributed by atoms with van der Waals surface area (Å²) in [5.41, 5.74) is 6.44. The molecule has 84 valence electrons. The molecule has 1 atom stereocenters. The molecule has 0 aromatic carbocycles. The molecule has 3 N–H and O–H groups in total. The van der Waals surface area contributed by atoms with Crippen molar-refractivity contribution in [1.82, 2.24) is 10.3 Å². The Morgan fingerprint density at radius 2 is 2.47 bits per heavy atom. The maximum atomic E-state index is 11.3. The number of nitrogens with two attached hydrogens (primary N) is 1. The maximum absolute atomic E-state index is 11.3. The van der Waals surface area contributed by atoms with E-state index >= 15 is 0 Å². The first-order valence-corrected chi connectivity index (χ1v) is 5.95. The van der Waals surface area contributed by atoms with E-state index in [9.17, 15) is 4.79 Å². The van der Waals surface area contributed by atoms with E-state index in [1.165, 1.54) is 0 Å². The third-order valence-corrected chi connectivity index (χ3v) is 2.92. The fraction of sp³-hybridized carbons (Fsp3) is 0.600. The molecule has 1 aromatic heterocycles. The largest absolute Gasteiger partial charge is 0.350 e. The number of aryl methyl sites for hydroxylation is 1. The van der Waals surface area contributed by atoms with Gasteiger partial charge >= 0.3 is 0 Å². The number of nitrogens with one attached hydrogen (secondary N) is 1. The van der Waals surface area contributed by atoms with Crippen molar-refractivity contribution >= 4 is 17.2 Å². The van der Waals surface area contributed by atoms with Crippen molar-refractivity contribution in [3.05, 3.63) is 16.1 Å². The molecule has 0 aliphatic heterocycles. The maximum Gasteiger partial charge on any atom is 0.221 e. The highest BCUT2D eigenvalue weighted by molar-refractivity contribution is 7.09. The Kier molecular flexibility index (Phi) is 4.71. The number of carbonyl (C=O) groups excluding carboxylic acids is 1. The molecule has 0 bridgehead atoms. The molecule has 5 heteroatoms. The van der Waals surface area contributed by atoms with Crippen molar-refractivity contribution in [2.75, 3.05) is 0 Å². The third-order valence-electron chi connectivity index (χ3n) is 1.88. The average molecular weight is 227 g/mol. The molecule has 1 rings (SSSR count). The summed E-state index contributed by atoms with van der Waals surface area (Å²) >= 11 is 1.63. The van der Waals surface area contributed by atoms with Crippen LogP contribution in [-0.4, -0.2) is 16.9 Å². The Bertz CT molecular complexity index is 322. The van der Waals surface area contributed by atoms with E-state index in [1.807, 2.05) is 12.3 Å². The quantitative estimate of drug-likeness (QED) is 0.790. The molecule has 0 saturated heterocycles. The van der Waals surface area contributed by atoms with Gasteiger partial charge in [-0.1, -0.05) is 6.92 Å². The molecule has 1 aromatic rings. The predicted molar refractivity (Wildman–Crippen MR) is 61.6 cm³/mol. The van der Waals surface area contributed by atoms with E-state index < -0.39 is 0 Å². The van der Waals surface area contributed by atoms with Crippen LogP contribution in [-0.2, 0) is 17.8 Å². The van der Waals surface area contributed by atoms with Crippen LogP contribution in [0.25, 0.3) is 0 Å². The fourth-order valence-corrected chi connectivity index (χ4v) is 1.89. The summed E-state index contributed by atoms with van der Waals surface area (Å²) in [6.07, 6.45) is 1.31. The smallest absolute Gasteiger partial charge is 0.221 e. The normalized spacial score (nSPS) is 12.5. The number of amides is 1. The van der Waals surface area contributed by atoms with E-state index in [2.05, 4.69) is 17.2 Å². The second-order valence-electron chi connectivity index (χ2n) is 3.54. The number of thiazole rings is 1. The van der Waals surface area contributed by atoms with Gasteiger partial charge in [-0.15, -0.1) is 11.3 Å². The second-order valence-corrected chi connectivity index (χ2v) is 4.49. The van der Waals surface area contributed by atoms with Crippen LogP contribution in [0.3, 0.4) is 0 Å². The highest BCUT2D eigenvalue weighted by Crippen LogP contribution is 2.09. The summed E-state index contributed by atoms with van der Waals surface area (Å²) in [7, 11) is 0. The monoisotopic (exact) mass is 227 g/mol. The zero-order chi connectivity index (χ0) is 11.3. The lowest BCUT2D eigenvalue weighted by Crippen LogP contribution is -2.29. The average Bonchev–Trinajstić information content (AvgIpc) is 2.61. The van der Waals surface area contributed by atoms with Gasteiger partial charge in [-0.25, -0.2) is 4.98 Å². The summed E-state index contributed by atoms with van der Waals surface area (Å²) in [5, 5.41) is 5.87.